The molecule has 0 aromatic heterocycles. The molecule has 4 aliphatic carbocycles. The van der Waals surface area contributed by atoms with E-state index in [0.29, 0.717) is 12.8 Å². The zero-order valence-electron chi connectivity index (χ0n) is 15.9. The number of hydrogen-bond donors (Lipinski definition) is 1. The second kappa shape index (κ2) is 6.38. The molecule has 3 atom stereocenters. The number of ether oxygens (including phenoxy) is 1. The first-order valence-corrected chi connectivity index (χ1v) is 10.7. The van der Waals surface area contributed by atoms with Crippen molar-refractivity contribution in [3.05, 3.63) is 12.2 Å². The minimum Gasteiger partial charge on any atom is -0.455 e. The molecule has 1 N–H and O–H groups in total. The third-order valence-corrected chi connectivity index (χ3v) is 8.06. The molecule has 4 aliphatic rings. The van der Waals surface area contributed by atoms with Crippen molar-refractivity contribution in [3.8, 4) is 0 Å². The average Bonchev–Trinajstić information content (AvgIpc) is 2.48. The first-order chi connectivity index (χ1) is 12.9. The van der Waals surface area contributed by atoms with Crippen molar-refractivity contribution in [1.82, 2.24) is 0 Å². The van der Waals surface area contributed by atoms with Crippen molar-refractivity contribution < 1.29 is 44.5 Å². The molecular weight excluding hydrogens is 423 g/mol. The second-order valence-electron chi connectivity index (χ2n) is 9.07. The SMILES string of the molecule is C=C(C)C(=O)OC1(C)C2CC3CC1CC(C(C(F)(F)F)C(F)(F)S(=O)(=O)O)(C3)C2. The van der Waals surface area contributed by atoms with Gasteiger partial charge in [-0.2, -0.15) is 30.4 Å². The maximum atomic E-state index is 14.5. The van der Waals surface area contributed by atoms with E-state index in [2.05, 4.69) is 6.58 Å². The highest BCUT2D eigenvalue weighted by atomic mass is 32.2. The molecule has 0 heterocycles. The zero-order chi connectivity index (χ0) is 22.2. The molecule has 0 spiro atoms. The van der Waals surface area contributed by atoms with Gasteiger partial charge < -0.3 is 4.74 Å². The van der Waals surface area contributed by atoms with E-state index in [4.69, 9.17) is 9.29 Å². The van der Waals surface area contributed by atoms with Crippen LogP contribution in [0.3, 0.4) is 0 Å². The highest BCUT2D eigenvalue weighted by Crippen LogP contribution is 2.70. The lowest BCUT2D eigenvalue weighted by atomic mass is 9.42. The second-order valence-corrected chi connectivity index (χ2v) is 10.6. The van der Waals surface area contributed by atoms with Crippen molar-refractivity contribution in [2.45, 2.75) is 63.0 Å². The fourth-order valence-electron chi connectivity index (χ4n) is 6.10. The maximum Gasteiger partial charge on any atom is 0.399 e. The van der Waals surface area contributed by atoms with Crippen LogP contribution in [0.5, 0.6) is 0 Å². The molecule has 29 heavy (non-hydrogen) atoms. The van der Waals surface area contributed by atoms with Gasteiger partial charge in [0.25, 0.3) is 0 Å². The van der Waals surface area contributed by atoms with Crippen molar-refractivity contribution >= 4 is 16.1 Å². The summed E-state index contributed by atoms with van der Waals surface area (Å²) in [5, 5.41) is -5.37. The van der Waals surface area contributed by atoms with E-state index in [1.54, 1.807) is 6.92 Å². The molecule has 0 aliphatic heterocycles. The Hall–Kier alpha value is -1.23. The number of halogens is 5. The van der Waals surface area contributed by atoms with E-state index in [1.807, 2.05) is 0 Å². The van der Waals surface area contributed by atoms with Crippen LogP contribution >= 0.6 is 0 Å². The molecular formula is C18H23F5O5S. The van der Waals surface area contributed by atoms with Crippen LogP contribution < -0.4 is 0 Å². The monoisotopic (exact) mass is 446 g/mol. The van der Waals surface area contributed by atoms with Crippen LogP contribution in [0.15, 0.2) is 12.2 Å². The first-order valence-electron chi connectivity index (χ1n) is 9.24. The molecule has 0 aromatic carbocycles. The van der Waals surface area contributed by atoms with Gasteiger partial charge in [-0.25, -0.2) is 4.79 Å². The van der Waals surface area contributed by atoms with Gasteiger partial charge in [-0.15, -0.1) is 0 Å². The Morgan fingerprint density at radius 1 is 1.14 bits per heavy atom. The van der Waals surface area contributed by atoms with Crippen LogP contribution in [0.1, 0.15) is 46.0 Å². The van der Waals surface area contributed by atoms with Gasteiger partial charge in [-0.3, -0.25) is 4.55 Å². The van der Waals surface area contributed by atoms with Crippen LogP contribution in [0.4, 0.5) is 22.0 Å². The van der Waals surface area contributed by atoms with E-state index in [9.17, 15) is 35.2 Å². The summed E-state index contributed by atoms with van der Waals surface area (Å²) in [5.74, 6) is -5.80. The number of carbonyl (C=O) groups excluding carboxylic acids is 1. The highest BCUT2D eigenvalue weighted by Gasteiger charge is 2.75. The zero-order valence-corrected chi connectivity index (χ0v) is 16.7. The van der Waals surface area contributed by atoms with E-state index < -0.39 is 56.3 Å². The predicted molar refractivity (Wildman–Crippen MR) is 91.3 cm³/mol. The Labute approximate surface area is 165 Å². The molecule has 5 nitrogen and oxygen atoms in total. The number of carbonyl (C=O) groups is 1. The van der Waals surface area contributed by atoms with Crippen LogP contribution in [-0.4, -0.2) is 36.0 Å². The molecule has 4 fully saturated rings. The highest BCUT2D eigenvalue weighted by molar-refractivity contribution is 7.86. The third-order valence-electron chi connectivity index (χ3n) is 7.14. The summed E-state index contributed by atoms with van der Waals surface area (Å²) in [4.78, 5) is 12.1. The van der Waals surface area contributed by atoms with Gasteiger partial charge in [0, 0.05) is 5.57 Å². The van der Waals surface area contributed by atoms with Crippen molar-refractivity contribution in [2.75, 3.05) is 0 Å². The lowest BCUT2D eigenvalue weighted by Gasteiger charge is -2.65. The summed E-state index contributed by atoms with van der Waals surface area (Å²) in [6.45, 7) is 6.51. The Balaban J connectivity index is 2.04. The van der Waals surface area contributed by atoms with Gasteiger partial charge in [-0.1, -0.05) is 6.58 Å². The van der Waals surface area contributed by atoms with Crippen LogP contribution in [0, 0.1) is 29.1 Å². The topological polar surface area (TPSA) is 80.7 Å². The Kier molecular flexibility index (Phi) is 4.94. The molecule has 0 amide bonds. The number of esters is 1. The van der Waals surface area contributed by atoms with E-state index in [-0.39, 0.29) is 30.8 Å². The van der Waals surface area contributed by atoms with Crippen molar-refractivity contribution in [3.63, 3.8) is 0 Å². The van der Waals surface area contributed by atoms with Crippen LogP contribution in [0.2, 0.25) is 0 Å². The van der Waals surface area contributed by atoms with Gasteiger partial charge >= 0.3 is 27.5 Å². The summed E-state index contributed by atoms with van der Waals surface area (Å²) >= 11 is 0. The fraction of sp³-hybridized carbons (Fsp3) is 0.833. The summed E-state index contributed by atoms with van der Waals surface area (Å²) in [7, 11) is -6.29. The summed E-state index contributed by atoms with van der Waals surface area (Å²) < 4.78 is 107. The number of alkyl halides is 5. The standard InChI is InChI=1S/C18H23F5O5S/c1-9(2)13(24)28-15(3)11-4-10-5-12(15)8-16(6-10,7-11)14(17(19,20)21)18(22,23)29(25,26)27/h10-12,14H,1,4-8H2,2-3H3,(H,25,26,27). The van der Waals surface area contributed by atoms with Gasteiger partial charge in [0.1, 0.15) is 11.5 Å². The number of hydrogen-bond acceptors (Lipinski definition) is 4. The minimum atomic E-state index is -6.29. The maximum absolute atomic E-state index is 14.5. The van der Waals surface area contributed by atoms with E-state index in [1.165, 1.54) is 6.92 Å². The molecule has 0 aromatic rings. The Morgan fingerprint density at radius 2 is 1.62 bits per heavy atom. The van der Waals surface area contributed by atoms with Crippen LogP contribution in [0.25, 0.3) is 0 Å². The molecule has 4 rings (SSSR count). The van der Waals surface area contributed by atoms with Gasteiger partial charge in [-0.05, 0) is 69.1 Å². The summed E-state index contributed by atoms with van der Waals surface area (Å²) in [6, 6.07) is 0. The van der Waals surface area contributed by atoms with Gasteiger partial charge in [0.2, 0.25) is 0 Å². The lowest BCUT2D eigenvalue weighted by Crippen LogP contribution is -2.66. The van der Waals surface area contributed by atoms with Crippen molar-refractivity contribution in [2.24, 2.45) is 29.1 Å². The largest absolute Gasteiger partial charge is 0.455 e. The minimum absolute atomic E-state index is 0.112. The van der Waals surface area contributed by atoms with Gasteiger partial charge in [0.15, 0.2) is 0 Å². The smallest absolute Gasteiger partial charge is 0.399 e. The van der Waals surface area contributed by atoms with E-state index >= 15 is 0 Å². The Bertz CT molecular complexity index is 818. The average molecular weight is 446 g/mol. The summed E-state index contributed by atoms with van der Waals surface area (Å²) in [6.07, 6.45) is -5.68. The molecule has 0 radical (unpaired) electrons. The van der Waals surface area contributed by atoms with Crippen molar-refractivity contribution in [1.29, 1.82) is 0 Å². The predicted octanol–water partition coefficient (Wildman–Crippen LogP) is 4.35. The molecule has 166 valence electrons. The lowest BCUT2D eigenvalue weighted by molar-refractivity contribution is -0.299. The van der Waals surface area contributed by atoms with Crippen LogP contribution in [-0.2, 0) is 19.6 Å². The third kappa shape index (κ3) is 3.37. The first kappa shape index (κ1) is 22.5. The Morgan fingerprint density at radius 3 is 2.00 bits per heavy atom. The number of rotatable bonds is 5. The molecule has 4 saturated carbocycles. The molecule has 11 heteroatoms. The normalized spacial score (nSPS) is 38.0. The molecule has 3 unspecified atom stereocenters. The fourth-order valence-corrected chi connectivity index (χ4v) is 6.78. The quantitative estimate of drug-likeness (QED) is 0.294. The summed E-state index contributed by atoms with van der Waals surface area (Å²) in [5.41, 5.74) is -3.08. The molecule has 4 bridgehead atoms. The van der Waals surface area contributed by atoms with Gasteiger partial charge in [0.05, 0.1) is 0 Å². The molecule has 0 saturated heterocycles. The van der Waals surface area contributed by atoms with E-state index in [0.717, 1.165) is 0 Å².